The fourth-order valence-corrected chi connectivity index (χ4v) is 1.60. The average Bonchev–Trinajstić information content (AvgIpc) is 2.46. The second-order valence-corrected chi connectivity index (χ2v) is 4.12. The standard InChI is InChI=1S/C14H18FNO4/c1-4-16(9-13(17)19-3)14(18)10(2)20-12-8-6-5-7-11(12)15/h5-8,10H,4,9H2,1-3H3. The fourth-order valence-electron chi connectivity index (χ4n) is 1.60. The first-order valence-corrected chi connectivity index (χ1v) is 6.26. The van der Waals surface area contributed by atoms with Gasteiger partial charge >= 0.3 is 5.97 Å². The van der Waals surface area contributed by atoms with Crippen molar-refractivity contribution in [2.75, 3.05) is 20.2 Å². The molecule has 5 nitrogen and oxygen atoms in total. The largest absolute Gasteiger partial charge is 0.478 e. The normalized spacial score (nSPS) is 11.6. The number of halogens is 1. The van der Waals surface area contributed by atoms with Crippen LogP contribution in [0, 0.1) is 5.82 Å². The highest BCUT2D eigenvalue weighted by molar-refractivity contribution is 5.85. The number of likely N-dealkylation sites (N-methyl/N-ethyl adjacent to an activating group) is 1. The minimum absolute atomic E-state index is 0.00229. The quantitative estimate of drug-likeness (QED) is 0.744. The number of hydrogen-bond donors (Lipinski definition) is 0. The minimum atomic E-state index is -0.892. The minimum Gasteiger partial charge on any atom is -0.478 e. The number of rotatable bonds is 6. The number of amides is 1. The summed E-state index contributed by atoms with van der Waals surface area (Å²) in [6.45, 7) is 3.42. The summed E-state index contributed by atoms with van der Waals surface area (Å²) in [5.41, 5.74) is 0. The van der Waals surface area contributed by atoms with Crippen molar-refractivity contribution in [1.29, 1.82) is 0 Å². The second-order valence-electron chi connectivity index (χ2n) is 4.12. The first kappa shape index (κ1) is 15.9. The van der Waals surface area contributed by atoms with Crippen molar-refractivity contribution in [3.05, 3.63) is 30.1 Å². The number of carbonyl (C=O) groups is 2. The summed E-state index contributed by atoms with van der Waals surface area (Å²) in [4.78, 5) is 24.6. The Morgan fingerprint density at radius 1 is 1.35 bits per heavy atom. The molecule has 0 fully saturated rings. The Morgan fingerprint density at radius 3 is 2.55 bits per heavy atom. The molecule has 1 atom stereocenters. The first-order valence-electron chi connectivity index (χ1n) is 6.26. The SMILES string of the molecule is CCN(CC(=O)OC)C(=O)C(C)Oc1ccccc1F. The Bertz CT molecular complexity index is 478. The maximum Gasteiger partial charge on any atom is 0.325 e. The van der Waals surface area contributed by atoms with Gasteiger partial charge in [-0.25, -0.2) is 4.39 Å². The summed E-state index contributed by atoms with van der Waals surface area (Å²) in [5, 5.41) is 0. The number of para-hydroxylation sites is 1. The molecule has 0 radical (unpaired) electrons. The van der Waals surface area contributed by atoms with Crippen molar-refractivity contribution >= 4 is 11.9 Å². The van der Waals surface area contributed by atoms with E-state index in [0.29, 0.717) is 6.54 Å². The van der Waals surface area contributed by atoms with E-state index in [9.17, 15) is 14.0 Å². The van der Waals surface area contributed by atoms with Crippen LogP contribution in [0.3, 0.4) is 0 Å². The summed E-state index contributed by atoms with van der Waals surface area (Å²) in [6.07, 6.45) is -0.892. The topological polar surface area (TPSA) is 55.8 Å². The highest BCUT2D eigenvalue weighted by atomic mass is 19.1. The predicted octanol–water partition coefficient (Wildman–Crippen LogP) is 1.61. The van der Waals surface area contributed by atoms with E-state index in [4.69, 9.17) is 4.74 Å². The third-order valence-electron chi connectivity index (χ3n) is 2.73. The van der Waals surface area contributed by atoms with Gasteiger partial charge in [-0.2, -0.15) is 0 Å². The van der Waals surface area contributed by atoms with E-state index in [0.717, 1.165) is 0 Å². The molecular formula is C14H18FNO4. The van der Waals surface area contributed by atoms with Crippen molar-refractivity contribution in [2.45, 2.75) is 20.0 Å². The van der Waals surface area contributed by atoms with Gasteiger partial charge in [0.1, 0.15) is 6.54 Å². The molecular weight excluding hydrogens is 265 g/mol. The predicted molar refractivity (Wildman–Crippen MR) is 70.8 cm³/mol. The lowest BCUT2D eigenvalue weighted by Crippen LogP contribution is -2.43. The van der Waals surface area contributed by atoms with Crippen LogP contribution in [-0.2, 0) is 14.3 Å². The molecule has 6 heteroatoms. The molecule has 1 amide bonds. The van der Waals surface area contributed by atoms with E-state index in [1.165, 1.54) is 37.1 Å². The molecule has 110 valence electrons. The Hall–Kier alpha value is -2.11. The lowest BCUT2D eigenvalue weighted by molar-refractivity contribution is -0.149. The smallest absolute Gasteiger partial charge is 0.325 e. The molecule has 0 aromatic heterocycles. The molecule has 20 heavy (non-hydrogen) atoms. The van der Waals surface area contributed by atoms with Gasteiger partial charge in [0.15, 0.2) is 17.7 Å². The molecule has 0 bridgehead atoms. The molecule has 1 rings (SSSR count). The van der Waals surface area contributed by atoms with Crippen LogP contribution in [0.4, 0.5) is 4.39 Å². The molecule has 0 aliphatic rings. The van der Waals surface area contributed by atoms with Crippen LogP contribution in [0.2, 0.25) is 0 Å². The van der Waals surface area contributed by atoms with Crippen LogP contribution in [0.15, 0.2) is 24.3 Å². The third-order valence-corrected chi connectivity index (χ3v) is 2.73. The molecule has 0 aliphatic heterocycles. The van der Waals surface area contributed by atoms with Crippen LogP contribution >= 0.6 is 0 Å². The van der Waals surface area contributed by atoms with Gasteiger partial charge in [-0.1, -0.05) is 12.1 Å². The Kier molecular flexibility index (Phi) is 5.96. The number of esters is 1. The van der Waals surface area contributed by atoms with Crippen molar-refractivity contribution < 1.29 is 23.5 Å². The maximum absolute atomic E-state index is 13.4. The molecule has 0 saturated heterocycles. The highest BCUT2D eigenvalue weighted by Crippen LogP contribution is 2.17. The number of methoxy groups -OCH3 is 1. The van der Waals surface area contributed by atoms with Crippen LogP contribution in [0.25, 0.3) is 0 Å². The van der Waals surface area contributed by atoms with E-state index in [1.54, 1.807) is 13.0 Å². The van der Waals surface area contributed by atoms with Crippen LogP contribution in [0.5, 0.6) is 5.75 Å². The van der Waals surface area contributed by atoms with Crippen molar-refractivity contribution in [1.82, 2.24) is 4.90 Å². The highest BCUT2D eigenvalue weighted by Gasteiger charge is 2.23. The maximum atomic E-state index is 13.4. The molecule has 0 aliphatic carbocycles. The number of nitrogens with zero attached hydrogens (tertiary/aromatic N) is 1. The van der Waals surface area contributed by atoms with Crippen molar-refractivity contribution in [3.63, 3.8) is 0 Å². The number of carbonyl (C=O) groups excluding carboxylic acids is 2. The summed E-state index contributed by atoms with van der Waals surface area (Å²) < 4.78 is 23.2. The zero-order valence-electron chi connectivity index (χ0n) is 11.8. The third kappa shape index (κ3) is 4.22. The van der Waals surface area contributed by atoms with Crippen LogP contribution in [0.1, 0.15) is 13.8 Å². The number of ether oxygens (including phenoxy) is 2. The van der Waals surface area contributed by atoms with Gasteiger partial charge in [0.2, 0.25) is 0 Å². The molecule has 1 aromatic rings. The summed E-state index contributed by atoms with van der Waals surface area (Å²) in [6, 6.07) is 5.83. The van der Waals surface area contributed by atoms with Crippen molar-refractivity contribution in [3.8, 4) is 5.75 Å². The van der Waals surface area contributed by atoms with Crippen LogP contribution in [-0.4, -0.2) is 43.1 Å². The zero-order valence-corrected chi connectivity index (χ0v) is 11.8. The lowest BCUT2D eigenvalue weighted by atomic mass is 10.3. The van der Waals surface area contributed by atoms with E-state index >= 15 is 0 Å². The zero-order chi connectivity index (χ0) is 15.1. The molecule has 0 N–H and O–H groups in total. The fraction of sp³-hybridized carbons (Fsp3) is 0.429. The van der Waals surface area contributed by atoms with Gasteiger partial charge in [-0.3, -0.25) is 9.59 Å². The van der Waals surface area contributed by atoms with Gasteiger partial charge in [0, 0.05) is 6.54 Å². The van der Waals surface area contributed by atoms with Gasteiger partial charge < -0.3 is 14.4 Å². The van der Waals surface area contributed by atoms with E-state index in [1.807, 2.05) is 0 Å². The Balaban J connectivity index is 2.70. The molecule has 0 spiro atoms. The summed E-state index contributed by atoms with van der Waals surface area (Å²) >= 11 is 0. The summed E-state index contributed by atoms with van der Waals surface area (Å²) in [5.74, 6) is -1.45. The Morgan fingerprint density at radius 2 is 2.00 bits per heavy atom. The van der Waals surface area contributed by atoms with Gasteiger partial charge in [-0.15, -0.1) is 0 Å². The molecule has 1 unspecified atom stereocenters. The molecule has 0 saturated carbocycles. The Labute approximate surface area is 117 Å². The van der Waals surface area contributed by atoms with Gasteiger partial charge in [0.05, 0.1) is 7.11 Å². The van der Waals surface area contributed by atoms with E-state index in [-0.39, 0.29) is 12.3 Å². The lowest BCUT2D eigenvalue weighted by Gasteiger charge is -2.23. The first-order chi connectivity index (χ1) is 9.49. The number of benzene rings is 1. The molecule has 1 aromatic carbocycles. The van der Waals surface area contributed by atoms with E-state index in [2.05, 4.69) is 4.74 Å². The average molecular weight is 283 g/mol. The monoisotopic (exact) mass is 283 g/mol. The molecule has 0 heterocycles. The number of hydrogen-bond acceptors (Lipinski definition) is 4. The van der Waals surface area contributed by atoms with E-state index < -0.39 is 23.8 Å². The van der Waals surface area contributed by atoms with Gasteiger partial charge in [0.25, 0.3) is 5.91 Å². The van der Waals surface area contributed by atoms with Crippen molar-refractivity contribution in [2.24, 2.45) is 0 Å². The van der Waals surface area contributed by atoms with Gasteiger partial charge in [-0.05, 0) is 26.0 Å². The summed E-state index contributed by atoms with van der Waals surface area (Å²) in [7, 11) is 1.25. The second kappa shape index (κ2) is 7.47. The van der Waals surface area contributed by atoms with Crippen LogP contribution < -0.4 is 4.74 Å².